The minimum atomic E-state index is -0.880. The van der Waals surface area contributed by atoms with Crippen molar-refractivity contribution in [3.05, 3.63) is 39.1 Å². The van der Waals surface area contributed by atoms with E-state index in [1.165, 1.54) is 11.3 Å². The molecule has 0 unspecified atom stereocenters. The van der Waals surface area contributed by atoms with E-state index in [2.05, 4.69) is 20.9 Å². The first-order chi connectivity index (χ1) is 9.11. The predicted molar refractivity (Wildman–Crippen MR) is 76.4 cm³/mol. The third-order valence-corrected chi connectivity index (χ3v) is 3.93. The molecule has 0 amide bonds. The molecular weight excluding hydrogens is 330 g/mol. The fourth-order valence-corrected chi connectivity index (χ4v) is 2.93. The summed E-state index contributed by atoms with van der Waals surface area (Å²) in [6, 6.07) is 7.66. The summed E-state index contributed by atoms with van der Waals surface area (Å²) in [6.45, 7) is 0. The van der Waals surface area contributed by atoms with Crippen molar-refractivity contribution in [1.29, 1.82) is 0 Å². The topological polar surface area (TPSA) is 63.3 Å². The van der Waals surface area contributed by atoms with Crippen molar-refractivity contribution in [3.63, 3.8) is 0 Å². The van der Waals surface area contributed by atoms with Crippen LogP contribution in [0.2, 0.25) is 0 Å². The van der Waals surface area contributed by atoms with Crippen molar-refractivity contribution in [2.24, 2.45) is 0 Å². The van der Waals surface area contributed by atoms with Crippen molar-refractivity contribution < 1.29 is 14.3 Å². The Morgan fingerprint density at radius 2 is 2.26 bits per heavy atom. The van der Waals surface area contributed by atoms with Gasteiger partial charge in [0.15, 0.2) is 5.76 Å². The number of nitrogens with zero attached hydrogens (tertiary/aromatic N) is 1. The number of aliphatic carboxylic acids is 1. The number of carbonyl (C=O) groups is 1. The fraction of sp³-hybridized carbons (Fsp3) is 0.0769. The summed E-state index contributed by atoms with van der Waals surface area (Å²) in [5.74, 6) is -0.226. The van der Waals surface area contributed by atoms with Gasteiger partial charge in [0.25, 0.3) is 0 Å². The number of halogens is 1. The molecule has 0 aliphatic heterocycles. The van der Waals surface area contributed by atoms with Crippen LogP contribution < -0.4 is 0 Å². The molecule has 2 aromatic heterocycles. The van der Waals surface area contributed by atoms with Gasteiger partial charge >= 0.3 is 5.97 Å². The van der Waals surface area contributed by atoms with Gasteiger partial charge in [-0.05, 0) is 24.3 Å². The smallest absolute Gasteiger partial charge is 0.310 e. The number of hydrogen-bond donors (Lipinski definition) is 1. The summed E-state index contributed by atoms with van der Waals surface area (Å²) in [6.07, 6.45) is -0.0591. The van der Waals surface area contributed by atoms with E-state index in [4.69, 9.17) is 9.52 Å². The van der Waals surface area contributed by atoms with Crippen molar-refractivity contribution in [3.8, 4) is 11.5 Å². The Hall–Kier alpha value is -1.66. The van der Waals surface area contributed by atoms with E-state index in [-0.39, 0.29) is 6.42 Å². The molecule has 0 saturated carbocycles. The van der Waals surface area contributed by atoms with E-state index >= 15 is 0 Å². The van der Waals surface area contributed by atoms with Crippen LogP contribution in [0, 0.1) is 0 Å². The number of benzene rings is 1. The van der Waals surface area contributed by atoms with Gasteiger partial charge in [-0.2, -0.15) is 0 Å². The summed E-state index contributed by atoms with van der Waals surface area (Å²) in [4.78, 5) is 14.9. The van der Waals surface area contributed by atoms with Crippen LogP contribution in [0.1, 0.15) is 5.01 Å². The van der Waals surface area contributed by atoms with E-state index in [9.17, 15) is 4.79 Å². The zero-order chi connectivity index (χ0) is 13.4. The minimum Gasteiger partial charge on any atom is -0.481 e. The van der Waals surface area contributed by atoms with Gasteiger partial charge in [0.05, 0.1) is 6.42 Å². The Morgan fingerprint density at radius 3 is 3.05 bits per heavy atom. The second-order valence-corrected chi connectivity index (χ2v) is 5.85. The number of thiazole rings is 1. The van der Waals surface area contributed by atoms with E-state index in [0.717, 1.165) is 15.4 Å². The standard InChI is InChI=1S/C13H8BrNO3S/c14-8-1-2-10-7(3-8)4-11(18-10)9-6-19-12(15-9)5-13(16)17/h1-4,6H,5H2,(H,16,17). The number of furan rings is 1. The number of fused-ring (bicyclic) bond motifs is 1. The van der Waals surface area contributed by atoms with Gasteiger partial charge in [-0.3, -0.25) is 4.79 Å². The lowest BCUT2D eigenvalue weighted by atomic mass is 10.2. The summed E-state index contributed by atoms with van der Waals surface area (Å²) < 4.78 is 6.69. The van der Waals surface area contributed by atoms with Crippen LogP contribution in [-0.2, 0) is 11.2 Å². The highest BCUT2D eigenvalue weighted by Gasteiger charge is 2.12. The summed E-state index contributed by atoms with van der Waals surface area (Å²) >= 11 is 4.73. The fourth-order valence-electron chi connectivity index (χ4n) is 1.78. The first kappa shape index (κ1) is 12.4. The van der Waals surface area contributed by atoms with Crippen LogP contribution in [0.3, 0.4) is 0 Å². The molecule has 0 saturated heterocycles. The lowest BCUT2D eigenvalue weighted by Gasteiger charge is -1.89. The number of carboxylic acids is 1. The third-order valence-electron chi connectivity index (χ3n) is 2.58. The third kappa shape index (κ3) is 2.54. The SMILES string of the molecule is O=C(O)Cc1nc(-c2cc3cc(Br)ccc3o2)cs1. The molecule has 4 nitrogen and oxygen atoms in total. The molecule has 1 aromatic carbocycles. The normalized spacial score (nSPS) is 11.0. The summed E-state index contributed by atoms with van der Waals surface area (Å²) in [5.41, 5.74) is 1.46. The van der Waals surface area contributed by atoms with E-state index < -0.39 is 5.97 Å². The molecular formula is C13H8BrNO3S. The number of hydrogen-bond acceptors (Lipinski definition) is 4. The molecule has 0 aliphatic carbocycles. The van der Waals surface area contributed by atoms with Crippen LogP contribution in [0.25, 0.3) is 22.4 Å². The number of carboxylic acid groups (broad SMARTS) is 1. The van der Waals surface area contributed by atoms with Crippen molar-refractivity contribution in [2.75, 3.05) is 0 Å². The Bertz CT molecular complexity index is 762. The molecule has 3 rings (SSSR count). The molecule has 19 heavy (non-hydrogen) atoms. The van der Waals surface area contributed by atoms with E-state index in [1.807, 2.05) is 29.6 Å². The number of aromatic nitrogens is 1. The van der Waals surface area contributed by atoms with Gasteiger partial charge in [0, 0.05) is 15.2 Å². The predicted octanol–water partition coefficient (Wildman–Crippen LogP) is 3.95. The van der Waals surface area contributed by atoms with Gasteiger partial charge < -0.3 is 9.52 Å². The van der Waals surface area contributed by atoms with Gasteiger partial charge in [-0.1, -0.05) is 15.9 Å². The highest BCUT2D eigenvalue weighted by atomic mass is 79.9. The van der Waals surface area contributed by atoms with Crippen molar-refractivity contribution in [2.45, 2.75) is 6.42 Å². The average Bonchev–Trinajstić information content (AvgIpc) is 2.93. The zero-order valence-corrected chi connectivity index (χ0v) is 12.0. The second-order valence-electron chi connectivity index (χ2n) is 3.99. The lowest BCUT2D eigenvalue weighted by molar-refractivity contribution is -0.136. The molecule has 0 radical (unpaired) electrons. The molecule has 0 aliphatic rings. The first-order valence-corrected chi connectivity index (χ1v) is 7.15. The summed E-state index contributed by atoms with van der Waals surface area (Å²) in [5, 5.41) is 12.1. The molecule has 1 N–H and O–H groups in total. The summed E-state index contributed by atoms with van der Waals surface area (Å²) in [7, 11) is 0. The van der Waals surface area contributed by atoms with Gasteiger partial charge in [0.1, 0.15) is 16.3 Å². The van der Waals surface area contributed by atoms with Crippen LogP contribution >= 0.6 is 27.3 Å². The molecule has 0 atom stereocenters. The van der Waals surface area contributed by atoms with Crippen LogP contribution in [0.4, 0.5) is 0 Å². The number of rotatable bonds is 3. The van der Waals surface area contributed by atoms with E-state index in [1.54, 1.807) is 0 Å². The molecule has 96 valence electrons. The highest BCUT2D eigenvalue weighted by Crippen LogP contribution is 2.30. The lowest BCUT2D eigenvalue weighted by Crippen LogP contribution is -1.98. The largest absolute Gasteiger partial charge is 0.481 e. The minimum absolute atomic E-state index is 0.0591. The molecule has 2 heterocycles. The maximum atomic E-state index is 10.6. The Balaban J connectivity index is 1.99. The average molecular weight is 338 g/mol. The van der Waals surface area contributed by atoms with Gasteiger partial charge in [0.2, 0.25) is 0 Å². The van der Waals surface area contributed by atoms with E-state index in [0.29, 0.717) is 16.5 Å². The first-order valence-electron chi connectivity index (χ1n) is 5.47. The molecule has 0 fully saturated rings. The van der Waals surface area contributed by atoms with Gasteiger partial charge in [-0.15, -0.1) is 11.3 Å². The zero-order valence-electron chi connectivity index (χ0n) is 9.59. The maximum Gasteiger partial charge on any atom is 0.310 e. The quantitative estimate of drug-likeness (QED) is 0.786. The molecule has 0 spiro atoms. The van der Waals surface area contributed by atoms with Crippen molar-refractivity contribution in [1.82, 2.24) is 4.98 Å². The highest BCUT2D eigenvalue weighted by molar-refractivity contribution is 9.10. The Kier molecular flexibility index (Phi) is 3.12. The second kappa shape index (κ2) is 4.79. The van der Waals surface area contributed by atoms with Crippen LogP contribution in [-0.4, -0.2) is 16.1 Å². The van der Waals surface area contributed by atoms with Gasteiger partial charge in [-0.25, -0.2) is 4.98 Å². The maximum absolute atomic E-state index is 10.6. The van der Waals surface area contributed by atoms with Crippen molar-refractivity contribution >= 4 is 44.2 Å². The van der Waals surface area contributed by atoms with Crippen LogP contribution in [0.5, 0.6) is 0 Å². The van der Waals surface area contributed by atoms with Crippen LogP contribution in [0.15, 0.2) is 38.5 Å². The Labute approximate surface area is 120 Å². The molecule has 6 heteroatoms. The monoisotopic (exact) mass is 337 g/mol. The Morgan fingerprint density at radius 1 is 1.42 bits per heavy atom. The molecule has 3 aromatic rings. The molecule has 0 bridgehead atoms.